The van der Waals surface area contributed by atoms with E-state index in [0.717, 1.165) is 22.9 Å². The van der Waals surface area contributed by atoms with Crippen molar-refractivity contribution in [1.82, 2.24) is 0 Å². The molecule has 1 heterocycles. The van der Waals surface area contributed by atoms with Crippen LogP contribution in [0.2, 0.25) is 0 Å². The van der Waals surface area contributed by atoms with Crippen LogP contribution in [-0.4, -0.2) is 19.2 Å². The van der Waals surface area contributed by atoms with E-state index in [9.17, 15) is 4.79 Å². The van der Waals surface area contributed by atoms with Gasteiger partial charge in [0.25, 0.3) is 0 Å². The first kappa shape index (κ1) is 16.2. The Bertz CT molecular complexity index is 711. The van der Waals surface area contributed by atoms with Crippen LogP contribution in [0, 0.1) is 0 Å². The summed E-state index contributed by atoms with van der Waals surface area (Å²) in [6.07, 6.45) is 0.389. The Labute approximate surface area is 142 Å². The molecule has 3 rings (SSSR count). The second-order valence-corrected chi connectivity index (χ2v) is 6.07. The van der Waals surface area contributed by atoms with E-state index in [2.05, 4.69) is 24.5 Å². The molecule has 2 aromatic carbocycles. The van der Waals surface area contributed by atoms with Crippen LogP contribution in [0.25, 0.3) is 0 Å². The number of amides is 1. The zero-order valence-electron chi connectivity index (χ0n) is 14.0. The molecule has 5 nitrogen and oxygen atoms in total. The first-order chi connectivity index (χ1) is 11.6. The molecule has 0 spiro atoms. The zero-order chi connectivity index (χ0) is 16.9. The van der Waals surface area contributed by atoms with E-state index in [-0.39, 0.29) is 12.7 Å². The second kappa shape index (κ2) is 7.25. The fraction of sp³-hybridized carbons (Fsp3) is 0.316. The molecule has 0 radical (unpaired) electrons. The Hall–Kier alpha value is -2.69. The lowest BCUT2D eigenvalue weighted by Gasteiger charge is -2.09. The summed E-state index contributed by atoms with van der Waals surface area (Å²) in [6.45, 7) is 5.11. The van der Waals surface area contributed by atoms with Crippen molar-refractivity contribution in [1.29, 1.82) is 0 Å². The molecule has 1 aliphatic rings. The van der Waals surface area contributed by atoms with Gasteiger partial charge in [0.2, 0.25) is 12.7 Å². The van der Waals surface area contributed by atoms with Gasteiger partial charge < -0.3 is 20.1 Å². The van der Waals surface area contributed by atoms with E-state index in [0.29, 0.717) is 18.9 Å². The number of hydrogen-bond acceptors (Lipinski definition) is 4. The van der Waals surface area contributed by atoms with Crippen molar-refractivity contribution in [2.75, 3.05) is 24.0 Å². The third-order valence-corrected chi connectivity index (χ3v) is 3.91. The molecule has 0 unspecified atom stereocenters. The number of benzene rings is 2. The standard InChI is InChI=1S/C19H22N2O3/c1-13(2)14-3-5-15(6-4-14)21-19(22)9-10-20-16-7-8-17-18(11-16)24-12-23-17/h3-8,11,13,20H,9-10,12H2,1-2H3,(H,21,22). The SMILES string of the molecule is CC(C)c1ccc(NC(=O)CCNc2ccc3c(c2)OCO3)cc1. The number of carbonyl (C=O) groups excluding carboxylic acids is 1. The average molecular weight is 326 g/mol. The van der Waals surface area contributed by atoms with Crippen LogP contribution in [0.5, 0.6) is 11.5 Å². The van der Waals surface area contributed by atoms with Crippen molar-refractivity contribution < 1.29 is 14.3 Å². The highest BCUT2D eigenvalue weighted by Crippen LogP contribution is 2.34. The van der Waals surface area contributed by atoms with Crippen molar-refractivity contribution in [2.45, 2.75) is 26.2 Å². The highest BCUT2D eigenvalue weighted by atomic mass is 16.7. The highest BCUT2D eigenvalue weighted by molar-refractivity contribution is 5.91. The van der Waals surface area contributed by atoms with Crippen LogP contribution < -0.4 is 20.1 Å². The molecule has 126 valence electrons. The predicted molar refractivity (Wildman–Crippen MR) is 94.8 cm³/mol. The molecule has 5 heteroatoms. The molecule has 2 N–H and O–H groups in total. The van der Waals surface area contributed by atoms with Crippen molar-refractivity contribution in [2.24, 2.45) is 0 Å². The lowest BCUT2D eigenvalue weighted by Crippen LogP contribution is -2.16. The maximum atomic E-state index is 12.0. The van der Waals surface area contributed by atoms with Gasteiger partial charge in [0.1, 0.15) is 0 Å². The van der Waals surface area contributed by atoms with Gasteiger partial charge in [-0.15, -0.1) is 0 Å². The minimum Gasteiger partial charge on any atom is -0.454 e. The first-order valence-electron chi connectivity index (χ1n) is 8.15. The maximum absolute atomic E-state index is 12.0. The number of anilines is 2. The summed E-state index contributed by atoms with van der Waals surface area (Å²) in [5, 5.41) is 6.13. The van der Waals surface area contributed by atoms with Gasteiger partial charge in [0.15, 0.2) is 11.5 Å². The summed E-state index contributed by atoms with van der Waals surface area (Å²) in [6, 6.07) is 13.6. The van der Waals surface area contributed by atoms with E-state index in [1.165, 1.54) is 5.56 Å². The number of fused-ring (bicyclic) bond motifs is 1. The number of ether oxygens (including phenoxy) is 2. The molecular formula is C19H22N2O3. The van der Waals surface area contributed by atoms with Gasteiger partial charge in [-0.2, -0.15) is 0 Å². The average Bonchev–Trinajstić information content (AvgIpc) is 3.03. The van der Waals surface area contributed by atoms with Gasteiger partial charge in [0, 0.05) is 30.4 Å². The summed E-state index contributed by atoms with van der Waals surface area (Å²) in [5.74, 6) is 1.96. The van der Waals surface area contributed by atoms with Gasteiger partial charge in [-0.1, -0.05) is 26.0 Å². The van der Waals surface area contributed by atoms with E-state index in [1.807, 2.05) is 42.5 Å². The normalized spacial score (nSPS) is 12.3. The molecule has 1 aliphatic heterocycles. The summed E-state index contributed by atoms with van der Waals surface area (Å²) in [7, 11) is 0. The molecule has 24 heavy (non-hydrogen) atoms. The van der Waals surface area contributed by atoms with Gasteiger partial charge >= 0.3 is 0 Å². The van der Waals surface area contributed by atoms with Gasteiger partial charge in [-0.3, -0.25) is 4.79 Å². The largest absolute Gasteiger partial charge is 0.454 e. The summed E-state index contributed by atoms with van der Waals surface area (Å²) >= 11 is 0. The molecule has 0 saturated carbocycles. The van der Waals surface area contributed by atoms with Crippen molar-refractivity contribution in [3.05, 3.63) is 48.0 Å². The van der Waals surface area contributed by atoms with Crippen LogP contribution in [0.4, 0.5) is 11.4 Å². The van der Waals surface area contributed by atoms with Crippen LogP contribution in [0.1, 0.15) is 31.7 Å². The molecule has 0 saturated heterocycles. The maximum Gasteiger partial charge on any atom is 0.231 e. The molecule has 0 aliphatic carbocycles. The summed E-state index contributed by atoms with van der Waals surface area (Å²) in [4.78, 5) is 12.0. The van der Waals surface area contributed by atoms with Crippen molar-refractivity contribution in [3.8, 4) is 11.5 Å². The molecule has 0 atom stereocenters. The number of hydrogen-bond donors (Lipinski definition) is 2. The van der Waals surface area contributed by atoms with E-state index < -0.39 is 0 Å². The molecule has 1 amide bonds. The summed E-state index contributed by atoms with van der Waals surface area (Å²) in [5.41, 5.74) is 3.00. The van der Waals surface area contributed by atoms with Gasteiger partial charge in [0.05, 0.1) is 0 Å². The molecule has 2 aromatic rings. The predicted octanol–water partition coefficient (Wildman–Crippen LogP) is 3.98. The Morgan fingerprint density at radius 2 is 1.75 bits per heavy atom. The molecule has 0 fully saturated rings. The van der Waals surface area contributed by atoms with E-state index >= 15 is 0 Å². The van der Waals surface area contributed by atoms with Gasteiger partial charge in [-0.25, -0.2) is 0 Å². The molecule has 0 aromatic heterocycles. The van der Waals surface area contributed by atoms with E-state index in [1.54, 1.807) is 0 Å². The van der Waals surface area contributed by atoms with Crippen molar-refractivity contribution in [3.63, 3.8) is 0 Å². The smallest absolute Gasteiger partial charge is 0.231 e. The monoisotopic (exact) mass is 326 g/mol. The molecule has 0 bridgehead atoms. The van der Waals surface area contributed by atoms with Gasteiger partial charge in [-0.05, 0) is 35.7 Å². The fourth-order valence-electron chi connectivity index (χ4n) is 2.50. The second-order valence-electron chi connectivity index (χ2n) is 6.07. The Morgan fingerprint density at radius 3 is 2.50 bits per heavy atom. The fourth-order valence-corrected chi connectivity index (χ4v) is 2.50. The zero-order valence-corrected chi connectivity index (χ0v) is 14.0. The number of carbonyl (C=O) groups is 1. The number of nitrogens with one attached hydrogen (secondary N) is 2. The first-order valence-corrected chi connectivity index (χ1v) is 8.15. The Balaban J connectivity index is 1.45. The van der Waals surface area contributed by atoms with Crippen LogP contribution in [0.3, 0.4) is 0 Å². The van der Waals surface area contributed by atoms with Crippen LogP contribution in [0.15, 0.2) is 42.5 Å². The summed E-state index contributed by atoms with van der Waals surface area (Å²) < 4.78 is 10.6. The third-order valence-electron chi connectivity index (χ3n) is 3.91. The molecular weight excluding hydrogens is 304 g/mol. The Morgan fingerprint density at radius 1 is 1.04 bits per heavy atom. The van der Waals surface area contributed by atoms with Crippen LogP contribution >= 0.6 is 0 Å². The third kappa shape index (κ3) is 3.98. The number of rotatable bonds is 6. The van der Waals surface area contributed by atoms with E-state index in [4.69, 9.17) is 9.47 Å². The quantitative estimate of drug-likeness (QED) is 0.843. The minimum atomic E-state index is -0.0134. The minimum absolute atomic E-state index is 0.0134. The lowest BCUT2D eigenvalue weighted by molar-refractivity contribution is -0.115. The topological polar surface area (TPSA) is 59.6 Å². The van der Waals surface area contributed by atoms with Crippen LogP contribution in [-0.2, 0) is 4.79 Å². The Kier molecular flexibility index (Phi) is 4.89. The van der Waals surface area contributed by atoms with Crippen molar-refractivity contribution >= 4 is 17.3 Å². The lowest BCUT2D eigenvalue weighted by atomic mass is 10.0. The highest BCUT2D eigenvalue weighted by Gasteiger charge is 2.13.